The van der Waals surface area contributed by atoms with Gasteiger partial charge in [0.25, 0.3) is 0 Å². The van der Waals surface area contributed by atoms with Crippen molar-refractivity contribution in [3.05, 3.63) is 34.1 Å². The molecule has 0 radical (unpaired) electrons. The van der Waals surface area contributed by atoms with Crippen LogP contribution >= 0.6 is 35.0 Å². The summed E-state index contributed by atoms with van der Waals surface area (Å²) in [4.78, 5) is 12.1. The van der Waals surface area contributed by atoms with Crippen molar-refractivity contribution in [2.45, 2.75) is 38.4 Å². The van der Waals surface area contributed by atoms with Crippen molar-refractivity contribution in [2.75, 3.05) is 11.1 Å². The molecular weight excluding hydrogens is 355 g/mol. The highest BCUT2D eigenvalue weighted by atomic mass is 35.5. The first-order valence-corrected chi connectivity index (χ1v) is 9.09. The number of anilines is 1. The predicted octanol–water partition coefficient (Wildman–Crippen LogP) is 4.29. The molecule has 0 aliphatic rings. The highest BCUT2D eigenvalue weighted by Crippen LogP contribution is 2.25. The molecule has 0 saturated carbocycles. The molecule has 1 aromatic heterocycles. The zero-order valence-electron chi connectivity index (χ0n) is 13.0. The minimum Gasteiger partial charge on any atom is -0.325 e. The van der Waals surface area contributed by atoms with Gasteiger partial charge >= 0.3 is 0 Å². The van der Waals surface area contributed by atoms with E-state index >= 15 is 0 Å². The van der Waals surface area contributed by atoms with Gasteiger partial charge in [-0.2, -0.15) is 0 Å². The van der Waals surface area contributed by atoms with Crippen LogP contribution in [0.15, 0.2) is 23.4 Å². The van der Waals surface area contributed by atoms with E-state index in [-0.39, 0.29) is 11.7 Å². The van der Waals surface area contributed by atoms with Gasteiger partial charge in [-0.15, -0.1) is 10.2 Å². The largest absolute Gasteiger partial charge is 0.325 e. The van der Waals surface area contributed by atoms with Gasteiger partial charge in [-0.05, 0) is 24.6 Å². The topological polar surface area (TPSA) is 59.8 Å². The Morgan fingerprint density at radius 3 is 2.70 bits per heavy atom. The number of benzene rings is 1. The number of hydrogen-bond donors (Lipinski definition) is 1. The van der Waals surface area contributed by atoms with Crippen LogP contribution in [0.1, 0.15) is 26.1 Å². The normalized spacial score (nSPS) is 10.8. The molecule has 0 unspecified atom stereocenters. The first-order valence-electron chi connectivity index (χ1n) is 7.34. The van der Waals surface area contributed by atoms with E-state index in [4.69, 9.17) is 23.2 Å². The molecule has 2 rings (SSSR count). The van der Waals surface area contributed by atoms with Crippen LogP contribution in [0, 0.1) is 0 Å². The minimum atomic E-state index is -0.127. The molecule has 1 amide bonds. The average molecular weight is 373 g/mol. The predicted molar refractivity (Wildman–Crippen MR) is 95.5 cm³/mol. The molecule has 5 nitrogen and oxygen atoms in total. The molecule has 2 aromatic rings. The molecule has 1 heterocycles. The average Bonchev–Trinajstić information content (AvgIpc) is 2.91. The van der Waals surface area contributed by atoms with E-state index in [9.17, 15) is 4.79 Å². The quantitative estimate of drug-likeness (QED) is 0.736. The van der Waals surface area contributed by atoms with Crippen LogP contribution in [0.25, 0.3) is 0 Å². The second kappa shape index (κ2) is 8.57. The lowest BCUT2D eigenvalue weighted by atomic mass is 10.3. The molecule has 0 saturated heterocycles. The van der Waals surface area contributed by atoms with E-state index in [2.05, 4.69) is 27.0 Å². The maximum absolute atomic E-state index is 12.1. The summed E-state index contributed by atoms with van der Waals surface area (Å²) in [6.45, 7) is 5.00. The van der Waals surface area contributed by atoms with Gasteiger partial charge in [-0.3, -0.25) is 4.79 Å². The fraction of sp³-hybridized carbons (Fsp3) is 0.400. The summed E-state index contributed by atoms with van der Waals surface area (Å²) in [6, 6.07) is 4.99. The van der Waals surface area contributed by atoms with Crippen LogP contribution in [-0.2, 0) is 17.8 Å². The van der Waals surface area contributed by atoms with E-state index in [1.165, 1.54) is 11.8 Å². The monoisotopic (exact) mass is 372 g/mol. The van der Waals surface area contributed by atoms with E-state index in [0.717, 1.165) is 30.4 Å². The number of nitrogens with zero attached hydrogens (tertiary/aromatic N) is 3. The lowest BCUT2D eigenvalue weighted by Gasteiger charge is -2.08. The van der Waals surface area contributed by atoms with Gasteiger partial charge in [0.2, 0.25) is 5.91 Å². The number of carbonyl (C=O) groups is 1. The lowest BCUT2D eigenvalue weighted by Crippen LogP contribution is -2.14. The highest BCUT2D eigenvalue weighted by Gasteiger charge is 2.13. The van der Waals surface area contributed by atoms with Crippen molar-refractivity contribution >= 4 is 46.6 Å². The Bertz CT molecular complexity index is 690. The number of aromatic nitrogens is 3. The molecule has 1 aromatic carbocycles. The van der Waals surface area contributed by atoms with E-state index in [0.29, 0.717) is 15.7 Å². The van der Waals surface area contributed by atoms with Gasteiger partial charge in [0.05, 0.1) is 15.8 Å². The second-order valence-electron chi connectivity index (χ2n) is 4.87. The van der Waals surface area contributed by atoms with E-state index < -0.39 is 0 Å². The number of thioether (sulfide) groups is 1. The zero-order valence-corrected chi connectivity index (χ0v) is 15.3. The van der Waals surface area contributed by atoms with Crippen molar-refractivity contribution in [3.63, 3.8) is 0 Å². The summed E-state index contributed by atoms with van der Waals surface area (Å²) < 4.78 is 2.07. The number of amides is 1. The van der Waals surface area contributed by atoms with Crippen molar-refractivity contribution in [1.29, 1.82) is 0 Å². The summed E-state index contributed by atoms with van der Waals surface area (Å²) in [5.41, 5.74) is 0.620. The fourth-order valence-corrected chi connectivity index (χ4v) is 3.12. The molecule has 1 N–H and O–H groups in total. The Labute approximate surface area is 149 Å². The van der Waals surface area contributed by atoms with Crippen LogP contribution in [-0.4, -0.2) is 26.4 Å². The van der Waals surface area contributed by atoms with Gasteiger partial charge in [-0.1, -0.05) is 48.8 Å². The van der Waals surface area contributed by atoms with Gasteiger partial charge in [0, 0.05) is 18.7 Å². The van der Waals surface area contributed by atoms with Crippen molar-refractivity contribution < 1.29 is 4.79 Å². The lowest BCUT2D eigenvalue weighted by molar-refractivity contribution is -0.113. The van der Waals surface area contributed by atoms with Crippen LogP contribution in [0.4, 0.5) is 5.69 Å². The summed E-state index contributed by atoms with van der Waals surface area (Å²) in [5.74, 6) is 1.07. The molecule has 0 fully saturated rings. The van der Waals surface area contributed by atoms with Gasteiger partial charge in [-0.25, -0.2) is 0 Å². The molecule has 0 aliphatic heterocycles. The van der Waals surface area contributed by atoms with Crippen LogP contribution in [0.5, 0.6) is 0 Å². The Morgan fingerprint density at radius 2 is 2.04 bits per heavy atom. The van der Waals surface area contributed by atoms with E-state index in [1.54, 1.807) is 18.2 Å². The van der Waals surface area contributed by atoms with Crippen molar-refractivity contribution in [1.82, 2.24) is 14.8 Å². The van der Waals surface area contributed by atoms with Crippen LogP contribution < -0.4 is 5.32 Å². The van der Waals surface area contributed by atoms with Gasteiger partial charge in [0.1, 0.15) is 5.82 Å². The van der Waals surface area contributed by atoms with Crippen LogP contribution in [0.3, 0.4) is 0 Å². The van der Waals surface area contributed by atoms with Crippen molar-refractivity contribution in [3.8, 4) is 0 Å². The number of rotatable bonds is 7. The second-order valence-corrected chi connectivity index (χ2v) is 6.63. The molecule has 124 valence electrons. The smallest absolute Gasteiger partial charge is 0.234 e. The molecular formula is C15H18Cl2N4OS. The van der Waals surface area contributed by atoms with Gasteiger partial charge < -0.3 is 9.88 Å². The first kappa shape index (κ1) is 18.1. The zero-order chi connectivity index (χ0) is 16.8. The third kappa shape index (κ3) is 4.86. The molecule has 0 aliphatic carbocycles. The summed E-state index contributed by atoms with van der Waals surface area (Å²) >= 11 is 13.2. The molecule has 0 bridgehead atoms. The Morgan fingerprint density at radius 1 is 1.26 bits per heavy atom. The fourth-order valence-electron chi connectivity index (χ4n) is 2.04. The van der Waals surface area contributed by atoms with Gasteiger partial charge in [0.15, 0.2) is 5.16 Å². The number of hydrogen-bond acceptors (Lipinski definition) is 4. The third-order valence-corrected chi connectivity index (χ3v) is 4.80. The Hall–Kier alpha value is -1.24. The number of aryl methyl sites for hydroxylation is 1. The maximum atomic E-state index is 12.1. The first-order chi connectivity index (χ1) is 11.0. The summed E-state index contributed by atoms with van der Waals surface area (Å²) in [6.07, 6.45) is 1.82. The summed E-state index contributed by atoms with van der Waals surface area (Å²) in [5, 5.41) is 12.8. The number of nitrogens with one attached hydrogen (secondary N) is 1. The number of halogens is 2. The highest BCUT2D eigenvalue weighted by molar-refractivity contribution is 7.99. The molecule has 0 spiro atoms. The Kier molecular flexibility index (Phi) is 6.74. The maximum Gasteiger partial charge on any atom is 0.234 e. The SMILES string of the molecule is CCCn1c(CC)nnc1SCC(=O)Nc1ccc(Cl)c(Cl)c1. The number of carbonyl (C=O) groups excluding carboxylic acids is 1. The van der Waals surface area contributed by atoms with Crippen LogP contribution in [0.2, 0.25) is 10.0 Å². The molecule has 0 atom stereocenters. The third-order valence-electron chi connectivity index (χ3n) is 3.09. The van der Waals surface area contributed by atoms with Crippen molar-refractivity contribution in [2.24, 2.45) is 0 Å². The standard InChI is InChI=1S/C15H18Cl2N4OS/c1-3-7-21-13(4-2)19-20-15(21)23-9-14(22)18-10-5-6-11(16)12(17)8-10/h5-6,8H,3-4,7,9H2,1-2H3,(H,18,22). The minimum absolute atomic E-state index is 0.127. The Balaban J connectivity index is 1.96. The molecule has 8 heteroatoms. The molecule has 23 heavy (non-hydrogen) atoms. The van der Waals surface area contributed by atoms with E-state index in [1.807, 2.05) is 6.92 Å². The summed E-state index contributed by atoms with van der Waals surface area (Å²) in [7, 11) is 0.